The third kappa shape index (κ3) is 28.7. The normalized spacial score (nSPS) is 17.5. The molecule has 7 rings (SSSR count). The zero-order chi connectivity index (χ0) is 64.3. The van der Waals surface area contributed by atoms with Crippen LogP contribution in [0.2, 0.25) is 0 Å². The maximum atomic E-state index is 14.9. The Morgan fingerprint density at radius 1 is 0.435 bits per heavy atom. The number of Topliss-reactive ketones (excluding diaryl/α,β-unsaturated/α-hetero) is 1. The molecule has 1 fully saturated rings. The molecule has 0 saturated carbocycles. The molecule has 1 heterocycles. The summed E-state index contributed by atoms with van der Waals surface area (Å²) in [7, 11) is 3.36. The maximum absolute atomic E-state index is 14.9. The summed E-state index contributed by atoms with van der Waals surface area (Å²) in [6.07, 6.45) is 20.4. The molecule has 0 amide bonds. The van der Waals surface area contributed by atoms with Crippen LogP contribution in [0.5, 0.6) is 11.5 Å². The Bertz CT molecular complexity index is 2760. The number of carbonyl (C=O) groups excluding carboxylic acids is 1. The second-order valence-electron chi connectivity index (χ2n) is 25.0. The van der Waals surface area contributed by atoms with Crippen LogP contribution in [-0.4, -0.2) is 81.9 Å². The lowest BCUT2D eigenvalue weighted by molar-refractivity contribution is -0.331. The zero-order valence-electron chi connectivity index (χ0n) is 55.8. The van der Waals surface area contributed by atoms with Gasteiger partial charge < -0.3 is 47.4 Å². The lowest BCUT2D eigenvalue weighted by atomic mass is 9.89. The van der Waals surface area contributed by atoms with Gasteiger partial charge in [-0.15, -0.1) is 0 Å². The van der Waals surface area contributed by atoms with Gasteiger partial charge in [0.2, 0.25) is 0 Å². The van der Waals surface area contributed by atoms with Gasteiger partial charge >= 0.3 is 0 Å². The van der Waals surface area contributed by atoms with E-state index in [1.165, 1.54) is 83.5 Å². The first-order valence-electron chi connectivity index (χ1n) is 34.9. The highest BCUT2D eigenvalue weighted by atomic mass is 32.1. The van der Waals surface area contributed by atoms with Gasteiger partial charge in [-0.1, -0.05) is 268 Å². The third-order valence-electron chi connectivity index (χ3n) is 17.6. The number of ketones is 1. The van der Waals surface area contributed by atoms with Gasteiger partial charge in [0.05, 0.1) is 79.3 Å². The lowest BCUT2D eigenvalue weighted by Gasteiger charge is -2.46. The lowest BCUT2D eigenvalue weighted by Crippen LogP contribution is -2.62. The first-order chi connectivity index (χ1) is 45.4. The molecule has 0 radical (unpaired) electrons. The molecule has 0 aromatic heterocycles. The fourth-order valence-corrected chi connectivity index (χ4v) is 12.4. The first kappa shape index (κ1) is 74.0. The standard InChI is InChI=1S/C80H110O11S/c1-4-5-6-7-8-9-10-11-12-16-19-34-45-74(85-57-68-46-50-72(82-2)51-47-68)76(86-61-69-48-52-73(83-3)53-49-69)70(55-71(81)44-33-18-15-13-14-17-20-35-54-92)62-90-80-79(89-60-67-42-31-24-32-43-67)78(88-59-66-40-29-23-30-41-66)77(87-58-65-38-27-22-28-39-65)75(91-80)63-84-56-64-36-25-21-26-37-64/h21-32,36-43,46-53,70,74-80,92H,4-20,33-35,44-45,54-63H2,1-3H3/t70-,74+,75?,76-,77-,78-,79+,80-/m0/s1. The summed E-state index contributed by atoms with van der Waals surface area (Å²) in [6.45, 7) is 4.40. The minimum absolute atomic E-state index is 0.0978. The highest BCUT2D eigenvalue weighted by Crippen LogP contribution is 2.35. The van der Waals surface area contributed by atoms with Gasteiger partial charge in [0.1, 0.15) is 41.7 Å². The molecular weight excluding hydrogens is 1170 g/mol. The Labute approximate surface area is 558 Å². The number of thiol groups is 1. The fourth-order valence-electron chi connectivity index (χ4n) is 12.2. The number of unbranched alkanes of at least 4 members (excludes halogenated alkanes) is 18. The first-order valence-corrected chi connectivity index (χ1v) is 35.5. The molecule has 92 heavy (non-hydrogen) atoms. The van der Waals surface area contributed by atoms with Crippen molar-refractivity contribution in [2.75, 3.05) is 33.2 Å². The monoisotopic (exact) mass is 1280 g/mol. The number of hydrogen-bond acceptors (Lipinski definition) is 12. The number of benzene rings is 6. The second kappa shape index (κ2) is 45.9. The van der Waals surface area contributed by atoms with Crippen LogP contribution in [0.15, 0.2) is 170 Å². The van der Waals surface area contributed by atoms with Gasteiger partial charge in [0.15, 0.2) is 6.29 Å². The van der Waals surface area contributed by atoms with Gasteiger partial charge in [0.25, 0.3) is 0 Å². The molecule has 1 unspecified atom stereocenters. The van der Waals surface area contributed by atoms with Crippen molar-refractivity contribution in [1.29, 1.82) is 0 Å². The van der Waals surface area contributed by atoms with Crippen molar-refractivity contribution in [3.8, 4) is 11.5 Å². The van der Waals surface area contributed by atoms with Crippen molar-refractivity contribution in [3.63, 3.8) is 0 Å². The number of carbonyl (C=O) groups is 1. The predicted molar refractivity (Wildman–Crippen MR) is 373 cm³/mol. The minimum Gasteiger partial charge on any atom is -0.497 e. The summed E-state index contributed by atoms with van der Waals surface area (Å²) in [6, 6.07) is 56.8. The van der Waals surface area contributed by atoms with Crippen molar-refractivity contribution in [3.05, 3.63) is 203 Å². The van der Waals surface area contributed by atoms with Gasteiger partial charge in [-0.2, -0.15) is 12.6 Å². The quantitative estimate of drug-likeness (QED) is 0.0291. The summed E-state index contributed by atoms with van der Waals surface area (Å²) in [4.78, 5) is 14.9. The van der Waals surface area contributed by atoms with E-state index in [9.17, 15) is 4.79 Å². The molecule has 0 bridgehead atoms. The summed E-state index contributed by atoms with van der Waals surface area (Å²) in [5, 5.41) is 0. The molecule has 8 atom stereocenters. The number of methoxy groups -OCH3 is 2. The third-order valence-corrected chi connectivity index (χ3v) is 17.9. The van der Waals surface area contributed by atoms with E-state index in [2.05, 4.69) is 80.2 Å². The second-order valence-corrected chi connectivity index (χ2v) is 25.4. The van der Waals surface area contributed by atoms with E-state index < -0.39 is 48.8 Å². The van der Waals surface area contributed by atoms with Crippen LogP contribution >= 0.6 is 12.6 Å². The van der Waals surface area contributed by atoms with Crippen LogP contribution in [0.25, 0.3) is 0 Å². The topological polar surface area (TPSA) is 109 Å². The Balaban J connectivity index is 1.24. The fraction of sp³-hybridized carbons (Fsp3) is 0.537. The summed E-state index contributed by atoms with van der Waals surface area (Å²) < 4.78 is 68.3. The maximum Gasteiger partial charge on any atom is 0.186 e. The van der Waals surface area contributed by atoms with Gasteiger partial charge in [-0.05, 0) is 82.7 Å². The minimum atomic E-state index is -0.996. The summed E-state index contributed by atoms with van der Waals surface area (Å²) in [5.74, 6) is 2.20. The Kier molecular flexibility index (Phi) is 36.9. The van der Waals surface area contributed by atoms with E-state index in [0.29, 0.717) is 26.2 Å². The number of ether oxygens (including phenoxy) is 10. The Hall–Kier alpha value is -5.38. The van der Waals surface area contributed by atoms with Gasteiger partial charge in [0, 0.05) is 18.8 Å². The number of hydrogen-bond donors (Lipinski definition) is 1. The van der Waals surface area contributed by atoms with Crippen LogP contribution in [0.4, 0.5) is 0 Å². The van der Waals surface area contributed by atoms with Crippen molar-refractivity contribution >= 4 is 18.4 Å². The van der Waals surface area contributed by atoms with Crippen molar-refractivity contribution in [1.82, 2.24) is 0 Å². The molecule has 0 aliphatic carbocycles. The van der Waals surface area contributed by atoms with Gasteiger partial charge in [-0.3, -0.25) is 4.79 Å². The van der Waals surface area contributed by atoms with Crippen LogP contribution in [0.3, 0.4) is 0 Å². The molecule has 12 heteroatoms. The van der Waals surface area contributed by atoms with E-state index in [1.807, 2.05) is 109 Å². The summed E-state index contributed by atoms with van der Waals surface area (Å²) in [5.41, 5.74) is 6.05. The van der Waals surface area contributed by atoms with E-state index in [1.54, 1.807) is 14.2 Å². The highest BCUT2D eigenvalue weighted by Gasteiger charge is 2.50. The molecule has 6 aromatic rings. The highest BCUT2D eigenvalue weighted by molar-refractivity contribution is 7.80. The molecule has 6 aromatic carbocycles. The molecule has 0 spiro atoms. The Morgan fingerprint density at radius 2 is 0.848 bits per heavy atom. The zero-order valence-corrected chi connectivity index (χ0v) is 56.7. The summed E-state index contributed by atoms with van der Waals surface area (Å²) >= 11 is 4.41. The van der Waals surface area contributed by atoms with E-state index in [-0.39, 0.29) is 45.2 Å². The van der Waals surface area contributed by atoms with Crippen LogP contribution in [0, 0.1) is 5.92 Å². The van der Waals surface area contributed by atoms with E-state index >= 15 is 0 Å². The van der Waals surface area contributed by atoms with Gasteiger partial charge in [-0.25, -0.2) is 0 Å². The average Bonchev–Trinajstić information content (AvgIpc) is 0.925. The number of rotatable bonds is 51. The van der Waals surface area contributed by atoms with Crippen LogP contribution in [-0.2, 0) is 82.3 Å². The molecule has 502 valence electrons. The molecule has 1 aliphatic heterocycles. The molecule has 1 aliphatic rings. The molecule has 1 saturated heterocycles. The molecule has 0 N–H and O–H groups in total. The van der Waals surface area contributed by atoms with Crippen LogP contribution in [0.1, 0.15) is 188 Å². The largest absolute Gasteiger partial charge is 0.497 e. The Morgan fingerprint density at radius 3 is 1.33 bits per heavy atom. The SMILES string of the molecule is CCCCCCCCCCCCCC[C@@H](OCc1ccc(OC)cc1)[C@@H](OCc1ccc(OC)cc1)[C@H](CO[C@H]1OC(COCc2ccccc2)[C@H](OCc2ccccc2)[C@H](OCc2ccccc2)[C@H]1OCc1ccccc1)CC(=O)CCCCCCCCCCS. The predicted octanol–water partition coefficient (Wildman–Crippen LogP) is 19.0. The van der Waals surface area contributed by atoms with Crippen molar-refractivity contribution < 1.29 is 52.2 Å². The average molecular weight is 1280 g/mol. The molecule has 11 nitrogen and oxygen atoms in total. The molecular formula is C80H110O11S. The van der Waals surface area contributed by atoms with E-state index in [4.69, 9.17) is 47.4 Å². The van der Waals surface area contributed by atoms with Crippen LogP contribution < -0.4 is 9.47 Å². The van der Waals surface area contributed by atoms with E-state index in [0.717, 1.165) is 102 Å². The van der Waals surface area contributed by atoms with Crippen molar-refractivity contribution in [2.24, 2.45) is 5.92 Å². The smallest absolute Gasteiger partial charge is 0.186 e. The van der Waals surface area contributed by atoms with Crippen molar-refractivity contribution in [2.45, 2.75) is 237 Å².